The molecule has 1 aromatic heterocycles. The molecule has 0 unspecified atom stereocenters. The number of nitrogens with zero attached hydrogens (tertiary/aromatic N) is 1. The van der Waals surface area contributed by atoms with Gasteiger partial charge in [-0.25, -0.2) is 4.98 Å². The van der Waals surface area contributed by atoms with Crippen LogP contribution in [0.15, 0.2) is 36.5 Å². The number of aromatic nitrogens is 1. The van der Waals surface area contributed by atoms with Crippen LogP contribution in [0.4, 0.5) is 0 Å². The Balaban J connectivity index is 2.24. The molecule has 0 saturated heterocycles. The summed E-state index contributed by atoms with van der Waals surface area (Å²) >= 11 is 1.14. The molecule has 2 rings (SSSR count). The van der Waals surface area contributed by atoms with Crippen LogP contribution < -0.4 is 16.0 Å². The molecule has 16 heteroatoms. The van der Waals surface area contributed by atoms with Crippen molar-refractivity contribution in [3.05, 3.63) is 52.0 Å². The number of hydrogen-bond acceptors (Lipinski definition) is 12. The molecule has 1 heterocycles. The molecule has 0 spiro atoms. The molecule has 2 aromatic rings. The summed E-state index contributed by atoms with van der Waals surface area (Å²) in [5, 5.41) is 19.0. The number of hydrogen-bond donors (Lipinski definition) is 4. The van der Waals surface area contributed by atoms with Crippen molar-refractivity contribution in [1.82, 2.24) is 20.9 Å². The number of carbonyl (C=O) groups excluding carboxylic acids is 4. The summed E-state index contributed by atoms with van der Waals surface area (Å²) in [5.74, 6) is -3.07. The minimum atomic E-state index is -3.98. The number of thiazole rings is 1. The predicted octanol–water partition coefficient (Wildman–Crippen LogP) is -0.649. The van der Waals surface area contributed by atoms with E-state index in [1.54, 1.807) is 37.3 Å². The van der Waals surface area contributed by atoms with Gasteiger partial charge in [-0.05, 0) is 25.8 Å². The lowest BCUT2D eigenvalue weighted by Gasteiger charge is -2.29. The second-order valence-corrected chi connectivity index (χ2v) is 12.5. The van der Waals surface area contributed by atoms with E-state index in [-0.39, 0.29) is 24.5 Å². The number of nitrogens with one attached hydrogen (secondary N) is 3. The fraction of sp³-hybridized carbons (Fsp3) is 0.500. The fourth-order valence-electron chi connectivity index (χ4n) is 3.67. The number of aliphatic hydroxyl groups is 1. The van der Waals surface area contributed by atoms with E-state index in [9.17, 15) is 32.7 Å². The molecule has 4 atom stereocenters. The molecule has 0 aliphatic rings. The molecule has 0 radical (unpaired) electrons. The number of ether oxygens (including phenoxy) is 2. The predicted molar refractivity (Wildman–Crippen MR) is 152 cm³/mol. The molecule has 4 N–H and O–H groups in total. The topological polar surface area (TPSA) is 199 Å². The first kappa shape index (κ1) is 34.9. The first-order valence-electron chi connectivity index (χ1n) is 12.6. The Morgan fingerprint density at radius 1 is 0.976 bits per heavy atom. The van der Waals surface area contributed by atoms with Crippen LogP contribution in [-0.4, -0.2) is 106 Å². The molecule has 1 aromatic carbocycles. The number of benzene rings is 1. The molecule has 0 saturated carbocycles. The van der Waals surface area contributed by atoms with Crippen molar-refractivity contribution in [2.24, 2.45) is 0 Å². The van der Waals surface area contributed by atoms with Crippen LogP contribution in [0.5, 0.6) is 0 Å². The molecule has 42 heavy (non-hydrogen) atoms. The summed E-state index contributed by atoms with van der Waals surface area (Å²) in [4.78, 5) is 56.7. The number of ketones is 1. The van der Waals surface area contributed by atoms with Gasteiger partial charge in [-0.15, -0.1) is 11.3 Å². The van der Waals surface area contributed by atoms with Gasteiger partial charge in [-0.1, -0.05) is 30.3 Å². The third-order valence-electron chi connectivity index (χ3n) is 5.77. The first-order chi connectivity index (χ1) is 19.7. The lowest BCUT2D eigenvalue weighted by atomic mass is 9.91. The Morgan fingerprint density at radius 2 is 1.52 bits per heavy atom. The monoisotopic (exact) mass is 628 g/mol. The standard InChI is InChI=1S/C26H36N4O10S2/c1-16-27-12-21(41-16)25(34)30-20(14-39-4)24(33)29-19(13-38-3)23(32)28-18(11-17-9-7-6-8-10-17)22(31)26(2,35)15-40-42(5,36)37/h6-10,12,18-20,35H,11,13-15H2,1-5H3,(H,28,32)(H,29,33)(H,30,34)/t18-,19-,20-,26+/m0/s1. The summed E-state index contributed by atoms with van der Waals surface area (Å²) in [7, 11) is -1.34. The maximum absolute atomic E-state index is 13.4. The molecular weight excluding hydrogens is 592 g/mol. The third kappa shape index (κ3) is 11.2. The highest BCUT2D eigenvalue weighted by molar-refractivity contribution is 7.86. The van der Waals surface area contributed by atoms with Gasteiger partial charge in [0.1, 0.15) is 29.2 Å². The number of amides is 3. The Morgan fingerprint density at radius 3 is 2.02 bits per heavy atom. The van der Waals surface area contributed by atoms with E-state index in [1.165, 1.54) is 20.4 Å². The minimum Gasteiger partial charge on any atom is -0.382 e. The Bertz CT molecular complexity index is 1330. The lowest BCUT2D eigenvalue weighted by Crippen LogP contribution is -2.60. The quantitative estimate of drug-likeness (QED) is 0.162. The van der Waals surface area contributed by atoms with Gasteiger partial charge >= 0.3 is 0 Å². The van der Waals surface area contributed by atoms with E-state index in [0.717, 1.165) is 24.5 Å². The van der Waals surface area contributed by atoms with E-state index >= 15 is 0 Å². The number of methoxy groups -OCH3 is 2. The molecule has 0 fully saturated rings. The van der Waals surface area contributed by atoms with Crippen LogP contribution in [0, 0.1) is 6.92 Å². The lowest BCUT2D eigenvalue weighted by molar-refractivity contribution is -0.143. The van der Waals surface area contributed by atoms with Crippen LogP contribution in [0.25, 0.3) is 0 Å². The third-order valence-corrected chi connectivity index (χ3v) is 7.22. The van der Waals surface area contributed by atoms with Gasteiger partial charge < -0.3 is 30.5 Å². The second kappa shape index (κ2) is 15.8. The largest absolute Gasteiger partial charge is 0.382 e. The van der Waals surface area contributed by atoms with E-state index < -0.39 is 64.0 Å². The van der Waals surface area contributed by atoms with E-state index in [0.29, 0.717) is 10.6 Å². The van der Waals surface area contributed by atoms with Crippen molar-refractivity contribution < 1.29 is 46.4 Å². The molecular formula is C26H36N4O10S2. The first-order valence-corrected chi connectivity index (χ1v) is 15.3. The van der Waals surface area contributed by atoms with Gasteiger partial charge in [0.25, 0.3) is 16.0 Å². The zero-order chi connectivity index (χ0) is 31.5. The normalized spacial score (nSPS) is 15.1. The Labute approximate surface area is 248 Å². The molecule has 0 bridgehead atoms. The molecule has 232 valence electrons. The van der Waals surface area contributed by atoms with E-state index in [2.05, 4.69) is 25.1 Å². The molecule has 3 amide bonds. The SMILES string of the molecule is COC[C@H](NC(=O)c1cnc(C)s1)C(=O)N[C@@H](COC)C(=O)N[C@@H](Cc1ccccc1)C(=O)[C@](C)(O)COS(C)(=O)=O. The van der Waals surface area contributed by atoms with Crippen molar-refractivity contribution in [2.45, 2.75) is 44.0 Å². The van der Waals surface area contributed by atoms with Crippen molar-refractivity contribution in [1.29, 1.82) is 0 Å². The fourth-order valence-corrected chi connectivity index (χ4v) is 4.79. The van der Waals surface area contributed by atoms with Gasteiger partial charge in [-0.3, -0.25) is 23.4 Å². The highest BCUT2D eigenvalue weighted by Crippen LogP contribution is 2.15. The number of rotatable bonds is 17. The van der Waals surface area contributed by atoms with Gasteiger partial charge in [0, 0.05) is 14.2 Å². The maximum Gasteiger partial charge on any atom is 0.264 e. The minimum absolute atomic E-state index is 0.0648. The summed E-state index contributed by atoms with van der Waals surface area (Å²) in [6.45, 7) is 1.40. The summed E-state index contributed by atoms with van der Waals surface area (Å²) < 4.78 is 37.7. The van der Waals surface area contributed by atoms with Gasteiger partial charge in [0.15, 0.2) is 5.78 Å². The average molecular weight is 629 g/mol. The Kier molecular flexibility index (Phi) is 13.1. The highest BCUT2D eigenvalue weighted by atomic mass is 32.2. The molecule has 0 aliphatic heterocycles. The van der Waals surface area contributed by atoms with Crippen LogP contribution in [0.2, 0.25) is 0 Å². The molecule has 14 nitrogen and oxygen atoms in total. The van der Waals surface area contributed by atoms with E-state index in [1.807, 2.05) is 0 Å². The van der Waals surface area contributed by atoms with Gasteiger partial charge in [-0.2, -0.15) is 8.42 Å². The number of Topliss-reactive ketones (excluding diaryl/α,β-unsaturated/α-hetero) is 1. The van der Waals surface area contributed by atoms with E-state index in [4.69, 9.17) is 9.47 Å². The second-order valence-electron chi connectivity index (χ2n) is 9.60. The van der Waals surface area contributed by atoms with Crippen LogP contribution >= 0.6 is 11.3 Å². The summed E-state index contributed by atoms with van der Waals surface area (Å²) in [5.41, 5.74) is -1.66. The highest BCUT2D eigenvalue weighted by Gasteiger charge is 2.39. The maximum atomic E-state index is 13.4. The smallest absolute Gasteiger partial charge is 0.264 e. The van der Waals surface area contributed by atoms with Crippen molar-refractivity contribution >= 4 is 45.0 Å². The van der Waals surface area contributed by atoms with Crippen LogP contribution in [-0.2, 0) is 44.6 Å². The molecule has 0 aliphatic carbocycles. The average Bonchev–Trinajstić information content (AvgIpc) is 3.37. The van der Waals surface area contributed by atoms with Crippen molar-refractivity contribution in [3.8, 4) is 0 Å². The summed E-state index contributed by atoms with van der Waals surface area (Å²) in [6.07, 6.45) is 2.08. The van der Waals surface area contributed by atoms with Gasteiger partial charge in [0.05, 0.1) is 36.7 Å². The van der Waals surface area contributed by atoms with Crippen molar-refractivity contribution in [3.63, 3.8) is 0 Å². The number of aryl methyl sites for hydroxylation is 1. The number of carbonyl (C=O) groups is 4. The zero-order valence-corrected chi connectivity index (χ0v) is 25.5. The van der Waals surface area contributed by atoms with Crippen LogP contribution in [0.3, 0.4) is 0 Å². The summed E-state index contributed by atoms with van der Waals surface area (Å²) in [6, 6.07) is 4.73. The Hall–Kier alpha value is -3.28. The van der Waals surface area contributed by atoms with Gasteiger partial charge in [0.2, 0.25) is 11.8 Å². The van der Waals surface area contributed by atoms with Crippen molar-refractivity contribution in [2.75, 3.05) is 40.3 Å². The zero-order valence-electron chi connectivity index (χ0n) is 23.9. The van der Waals surface area contributed by atoms with Crippen LogP contribution in [0.1, 0.15) is 27.2 Å².